The van der Waals surface area contributed by atoms with E-state index in [-0.39, 0.29) is 37.6 Å². The van der Waals surface area contributed by atoms with Gasteiger partial charge in [-0.05, 0) is 42.9 Å². The van der Waals surface area contributed by atoms with Crippen LogP contribution in [0.25, 0.3) is 0 Å². The first-order valence-corrected chi connectivity index (χ1v) is 13.5. The number of carbonyl (C=O) groups is 4. The van der Waals surface area contributed by atoms with Gasteiger partial charge in [-0.3, -0.25) is 14.4 Å². The number of carboxylic acid groups (broad SMARTS) is 1. The summed E-state index contributed by atoms with van der Waals surface area (Å²) < 4.78 is 21.1. The van der Waals surface area contributed by atoms with E-state index in [0.717, 1.165) is 25.7 Å². The number of hydrogen-bond donors (Lipinski definition) is 2. The highest BCUT2D eigenvalue weighted by atomic mass is 16.7. The molecule has 2 unspecified atom stereocenters. The molecule has 0 spiro atoms. The van der Waals surface area contributed by atoms with Crippen LogP contribution in [-0.2, 0) is 23.9 Å². The molecule has 0 saturated carbocycles. The van der Waals surface area contributed by atoms with Crippen molar-refractivity contribution in [2.45, 2.75) is 97.4 Å². The van der Waals surface area contributed by atoms with Gasteiger partial charge in [0.1, 0.15) is 6.04 Å². The number of ether oxygens (including phenoxy) is 4. The Balaban J connectivity index is 3.25. The molecule has 0 heterocycles. The monoisotopic (exact) mass is 537 g/mol. The second-order valence-electron chi connectivity index (χ2n) is 9.35. The topological polar surface area (TPSA) is 151 Å². The molecule has 0 aliphatic heterocycles. The normalized spacial score (nSPS) is 13.2. The molecule has 0 aliphatic carbocycles. The van der Waals surface area contributed by atoms with Crippen LogP contribution in [0, 0.1) is 5.92 Å². The molecule has 0 fully saturated rings. The first-order chi connectivity index (χ1) is 18.1. The maximum absolute atomic E-state index is 12.5. The standard InChI is InChI=1S/C28H43NO9/c1-5-8-10-12-23(30)37-21-15-14-20(17-22(21)38-24(31)13-11-9-6-2)25(26(29)27(32)33)19(4)18-36-28(34)35-16-7-3/h14-15,17,19,25-26H,5-13,16,18,29H2,1-4H3,(H,32,33)/t19?,25?,26-/m0/s1. The molecular weight excluding hydrogens is 494 g/mol. The SMILES string of the molecule is CCCCCC(=O)Oc1ccc(C(C(C)COC(=O)OCCC)[C@H](N)C(=O)O)cc1OC(=O)CCCCC. The molecule has 3 N–H and O–H groups in total. The molecule has 0 saturated heterocycles. The fraction of sp³-hybridized carbons (Fsp3) is 0.643. The molecular formula is C28H43NO9. The van der Waals surface area contributed by atoms with Crippen LogP contribution >= 0.6 is 0 Å². The number of carboxylic acids is 1. The second-order valence-corrected chi connectivity index (χ2v) is 9.35. The molecule has 10 nitrogen and oxygen atoms in total. The first kappa shape index (κ1) is 32.9. The summed E-state index contributed by atoms with van der Waals surface area (Å²) in [6.07, 6.45) is 5.13. The first-order valence-electron chi connectivity index (χ1n) is 13.5. The van der Waals surface area contributed by atoms with Crippen LogP contribution in [0.15, 0.2) is 18.2 Å². The van der Waals surface area contributed by atoms with E-state index in [4.69, 9.17) is 24.7 Å². The molecule has 0 bridgehead atoms. The molecule has 0 aromatic heterocycles. The summed E-state index contributed by atoms with van der Waals surface area (Å²) in [5.41, 5.74) is 6.47. The number of nitrogens with two attached hydrogens (primary N) is 1. The molecule has 10 heteroatoms. The summed E-state index contributed by atoms with van der Waals surface area (Å²) in [4.78, 5) is 48.5. The molecule has 3 atom stereocenters. The molecule has 0 aliphatic rings. The number of benzene rings is 1. The highest BCUT2D eigenvalue weighted by Crippen LogP contribution is 2.36. The summed E-state index contributed by atoms with van der Waals surface area (Å²) >= 11 is 0. The van der Waals surface area contributed by atoms with E-state index >= 15 is 0 Å². The van der Waals surface area contributed by atoms with Gasteiger partial charge in [-0.15, -0.1) is 0 Å². The van der Waals surface area contributed by atoms with Crippen LogP contribution in [-0.4, -0.2) is 48.4 Å². The fourth-order valence-corrected chi connectivity index (χ4v) is 3.86. The maximum Gasteiger partial charge on any atom is 0.508 e. The zero-order valence-electron chi connectivity index (χ0n) is 23.0. The Labute approximate surface area is 225 Å². The van der Waals surface area contributed by atoms with Crippen LogP contribution in [0.5, 0.6) is 11.5 Å². The predicted octanol–water partition coefficient (Wildman–Crippen LogP) is 5.35. The quantitative estimate of drug-likeness (QED) is 0.142. The molecule has 1 rings (SSSR count). The van der Waals surface area contributed by atoms with E-state index in [0.29, 0.717) is 24.8 Å². The molecule has 0 radical (unpaired) electrons. The maximum atomic E-state index is 12.5. The Morgan fingerprint density at radius 3 is 1.95 bits per heavy atom. The average molecular weight is 538 g/mol. The van der Waals surface area contributed by atoms with E-state index in [1.807, 2.05) is 20.8 Å². The Morgan fingerprint density at radius 1 is 0.842 bits per heavy atom. The number of unbranched alkanes of at least 4 members (excludes halogenated alkanes) is 4. The third-order valence-electron chi connectivity index (χ3n) is 5.94. The van der Waals surface area contributed by atoms with Crippen LogP contribution in [0.1, 0.15) is 97.0 Å². The number of aliphatic carboxylic acids is 1. The molecule has 1 aromatic carbocycles. The Bertz CT molecular complexity index is 902. The van der Waals surface area contributed by atoms with Crippen LogP contribution in [0.4, 0.5) is 4.79 Å². The highest BCUT2D eigenvalue weighted by Gasteiger charge is 2.33. The van der Waals surface area contributed by atoms with E-state index in [1.165, 1.54) is 12.1 Å². The number of carbonyl (C=O) groups excluding carboxylic acids is 3. The summed E-state index contributed by atoms with van der Waals surface area (Å²) in [5.74, 6) is -3.49. The lowest BCUT2D eigenvalue weighted by atomic mass is 9.82. The zero-order chi connectivity index (χ0) is 28.5. The van der Waals surface area contributed by atoms with Crippen molar-refractivity contribution in [2.75, 3.05) is 13.2 Å². The minimum atomic E-state index is -1.35. The van der Waals surface area contributed by atoms with Crippen molar-refractivity contribution in [3.8, 4) is 11.5 Å². The van der Waals surface area contributed by atoms with Gasteiger partial charge in [0, 0.05) is 18.8 Å². The zero-order valence-corrected chi connectivity index (χ0v) is 23.0. The summed E-state index contributed by atoms with van der Waals surface area (Å²) in [6.45, 7) is 7.64. The van der Waals surface area contributed by atoms with Crippen molar-refractivity contribution in [2.24, 2.45) is 11.7 Å². The van der Waals surface area contributed by atoms with Gasteiger partial charge in [0.2, 0.25) is 0 Å². The van der Waals surface area contributed by atoms with Crippen LogP contribution < -0.4 is 15.2 Å². The third-order valence-corrected chi connectivity index (χ3v) is 5.94. The minimum Gasteiger partial charge on any atom is -0.480 e. The second kappa shape index (κ2) is 18.2. The predicted molar refractivity (Wildman–Crippen MR) is 141 cm³/mol. The van der Waals surface area contributed by atoms with Gasteiger partial charge in [0.05, 0.1) is 13.2 Å². The summed E-state index contributed by atoms with van der Waals surface area (Å²) in [7, 11) is 0. The van der Waals surface area contributed by atoms with Crippen molar-refractivity contribution >= 4 is 24.1 Å². The number of esters is 2. The van der Waals surface area contributed by atoms with Crippen molar-refractivity contribution in [3.05, 3.63) is 23.8 Å². The molecule has 214 valence electrons. The third kappa shape index (κ3) is 11.9. The van der Waals surface area contributed by atoms with Gasteiger partial charge in [-0.2, -0.15) is 0 Å². The van der Waals surface area contributed by atoms with Gasteiger partial charge in [0.15, 0.2) is 11.5 Å². The van der Waals surface area contributed by atoms with Gasteiger partial charge in [0.25, 0.3) is 0 Å². The lowest BCUT2D eigenvalue weighted by Crippen LogP contribution is -2.40. The smallest absolute Gasteiger partial charge is 0.480 e. The highest BCUT2D eigenvalue weighted by molar-refractivity contribution is 5.77. The van der Waals surface area contributed by atoms with Crippen molar-refractivity contribution < 1.29 is 43.2 Å². The lowest BCUT2D eigenvalue weighted by molar-refractivity contribution is -0.139. The minimum absolute atomic E-state index is 0.00547. The Hall–Kier alpha value is -3.14. The van der Waals surface area contributed by atoms with E-state index < -0.39 is 41.9 Å². The number of hydrogen-bond acceptors (Lipinski definition) is 9. The Kier molecular flexibility index (Phi) is 15.7. The van der Waals surface area contributed by atoms with Gasteiger partial charge in [-0.25, -0.2) is 4.79 Å². The molecule has 0 amide bonds. The van der Waals surface area contributed by atoms with Crippen molar-refractivity contribution in [1.82, 2.24) is 0 Å². The number of rotatable bonds is 18. The van der Waals surface area contributed by atoms with Crippen molar-refractivity contribution in [3.63, 3.8) is 0 Å². The van der Waals surface area contributed by atoms with Crippen LogP contribution in [0.2, 0.25) is 0 Å². The molecule has 1 aromatic rings. The van der Waals surface area contributed by atoms with E-state index in [9.17, 15) is 24.3 Å². The Morgan fingerprint density at radius 2 is 1.42 bits per heavy atom. The van der Waals surface area contributed by atoms with E-state index in [1.54, 1.807) is 13.0 Å². The van der Waals surface area contributed by atoms with Gasteiger partial charge >= 0.3 is 24.1 Å². The van der Waals surface area contributed by atoms with Gasteiger partial charge < -0.3 is 29.8 Å². The summed E-state index contributed by atoms with van der Waals surface area (Å²) in [5, 5.41) is 9.66. The largest absolute Gasteiger partial charge is 0.508 e. The summed E-state index contributed by atoms with van der Waals surface area (Å²) in [6, 6.07) is 3.15. The fourth-order valence-electron chi connectivity index (χ4n) is 3.86. The van der Waals surface area contributed by atoms with Crippen LogP contribution in [0.3, 0.4) is 0 Å². The lowest BCUT2D eigenvalue weighted by Gasteiger charge is -2.28. The van der Waals surface area contributed by atoms with Gasteiger partial charge in [-0.1, -0.05) is 59.4 Å². The molecule has 38 heavy (non-hydrogen) atoms. The van der Waals surface area contributed by atoms with Crippen molar-refractivity contribution in [1.29, 1.82) is 0 Å². The van der Waals surface area contributed by atoms with E-state index in [2.05, 4.69) is 0 Å². The average Bonchev–Trinajstić information content (AvgIpc) is 2.87.